The molecule has 0 saturated carbocycles. The summed E-state index contributed by atoms with van der Waals surface area (Å²) in [6.07, 6.45) is 0.850. The summed E-state index contributed by atoms with van der Waals surface area (Å²) >= 11 is 3.28. The van der Waals surface area contributed by atoms with E-state index in [1.165, 1.54) is 4.90 Å². The van der Waals surface area contributed by atoms with Crippen molar-refractivity contribution >= 4 is 39.2 Å². The molecular formula is C13H13BrN2O3. The van der Waals surface area contributed by atoms with Gasteiger partial charge in [0.1, 0.15) is 0 Å². The van der Waals surface area contributed by atoms with Gasteiger partial charge >= 0.3 is 0 Å². The van der Waals surface area contributed by atoms with Gasteiger partial charge in [0.2, 0.25) is 5.91 Å². The van der Waals surface area contributed by atoms with Gasteiger partial charge < -0.3 is 10.2 Å². The maximum absolute atomic E-state index is 11.9. The quantitative estimate of drug-likeness (QED) is 0.853. The van der Waals surface area contributed by atoms with E-state index in [2.05, 4.69) is 21.2 Å². The normalized spacial score (nSPS) is 13.7. The van der Waals surface area contributed by atoms with Crippen molar-refractivity contribution in [1.29, 1.82) is 0 Å². The van der Waals surface area contributed by atoms with Crippen LogP contribution < -0.4 is 10.2 Å². The van der Waals surface area contributed by atoms with Gasteiger partial charge in [0.05, 0.1) is 11.3 Å². The van der Waals surface area contributed by atoms with Gasteiger partial charge in [0, 0.05) is 24.5 Å². The number of halogens is 1. The molecule has 2 amide bonds. The molecule has 0 saturated heterocycles. The molecule has 0 aromatic heterocycles. The molecule has 2 rings (SSSR count). The molecule has 0 atom stereocenters. The SMILES string of the molecule is CNC(=O)CCCN1C(=O)C(=O)c2c(Br)cccc21. The van der Waals surface area contributed by atoms with Crippen LogP contribution in [0.4, 0.5) is 5.69 Å². The highest BCUT2D eigenvalue weighted by atomic mass is 79.9. The minimum atomic E-state index is -0.529. The van der Waals surface area contributed by atoms with Crippen molar-refractivity contribution in [2.75, 3.05) is 18.5 Å². The number of carbonyl (C=O) groups excluding carboxylic acids is 3. The lowest BCUT2D eigenvalue weighted by atomic mass is 10.1. The Kier molecular flexibility index (Phi) is 3.99. The number of anilines is 1. The van der Waals surface area contributed by atoms with Crippen LogP contribution >= 0.6 is 15.9 Å². The molecule has 5 nitrogen and oxygen atoms in total. The Labute approximate surface area is 119 Å². The molecule has 100 valence electrons. The Morgan fingerprint density at radius 2 is 2.11 bits per heavy atom. The van der Waals surface area contributed by atoms with Crippen LogP contribution in [0.1, 0.15) is 23.2 Å². The van der Waals surface area contributed by atoms with E-state index in [9.17, 15) is 14.4 Å². The number of Topliss-reactive ketones (excluding diaryl/α,β-unsaturated/α-hetero) is 1. The molecule has 0 spiro atoms. The fraction of sp³-hybridized carbons (Fsp3) is 0.308. The Balaban J connectivity index is 2.15. The summed E-state index contributed by atoms with van der Waals surface area (Å²) in [6.45, 7) is 0.363. The summed E-state index contributed by atoms with van der Waals surface area (Å²) in [6, 6.07) is 5.25. The molecule has 19 heavy (non-hydrogen) atoms. The number of carbonyl (C=O) groups is 3. The number of fused-ring (bicyclic) bond motifs is 1. The Morgan fingerprint density at radius 3 is 2.79 bits per heavy atom. The van der Waals surface area contributed by atoms with Crippen LogP contribution in [0, 0.1) is 0 Å². The smallest absolute Gasteiger partial charge is 0.299 e. The molecule has 1 aromatic rings. The molecule has 1 aliphatic heterocycles. The van der Waals surface area contributed by atoms with E-state index in [0.29, 0.717) is 35.1 Å². The lowest BCUT2D eigenvalue weighted by molar-refractivity contribution is -0.121. The molecule has 0 aliphatic carbocycles. The highest BCUT2D eigenvalue weighted by Gasteiger charge is 2.36. The molecule has 0 radical (unpaired) electrons. The lowest BCUT2D eigenvalue weighted by Gasteiger charge is -2.16. The number of rotatable bonds is 4. The summed E-state index contributed by atoms with van der Waals surface area (Å²) in [5, 5.41) is 2.52. The van der Waals surface area contributed by atoms with Crippen LogP contribution in [0.25, 0.3) is 0 Å². The van der Waals surface area contributed by atoms with Crippen LogP contribution in [-0.2, 0) is 9.59 Å². The van der Waals surface area contributed by atoms with Crippen molar-refractivity contribution in [1.82, 2.24) is 5.32 Å². The number of ketones is 1. The highest BCUT2D eigenvalue weighted by molar-refractivity contribution is 9.10. The highest BCUT2D eigenvalue weighted by Crippen LogP contribution is 2.34. The zero-order valence-electron chi connectivity index (χ0n) is 10.4. The van der Waals surface area contributed by atoms with Crippen LogP contribution in [0.2, 0.25) is 0 Å². The van der Waals surface area contributed by atoms with E-state index in [1.54, 1.807) is 25.2 Å². The molecule has 0 unspecified atom stereocenters. The second-order valence-corrected chi connectivity index (χ2v) is 5.05. The van der Waals surface area contributed by atoms with Crippen molar-refractivity contribution in [2.24, 2.45) is 0 Å². The predicted octanol–water partition coefficient (Wildman–Crippen LogP) is 1.50. The molecule has 6 heteroatoms. The summed E-state index contributed by atoms with van der Waals surface area (Å²) < 4.78 is 0.622. The third-order valence-electron chi connectivity index (χ3n) is 3.01. The maximum Gasteiger partial charge on any atom is 0.299 e. The van der Waals surface area contributed by atoms with Crippen molar-refractivity contribution in [2.45, 2.75) is 12.8 Å². The van der Waals surface area contributed by atoms with Gasteiger partial charge in [-0.25, -0.2) is 0 Å². The average molecular weight is 325 g/mol. The van der Waals surface area contributed by atoms with Crippen molar-refractivity contribution < 1.29 is 14.4 Å². The largest absolute Gasteiger partial charge is 0.359 e. The Morgan fingerprint density at radius 1 is 1.37 bits per heavy atom. The molecule has 1 N–H and O–H groups in total. The van der Waals surface area contributed by atoms with Crippen molar-refractivity contribution in [3.05, 3.63) is 28.2 Å². The fourth-order valence-corrected chi connectivity index (χ4v) is 2.58. The third kappa shape index (κ3) is 2.53. The van der Waals surface area contributed by atoms with Crippen molar-refractivity contribution in [3.8, 4) is 0 Å². The first-order valence-electron chi connectivity index (χ1n) is 5.91. The second kappa shape index (κ2) is 5.52. The van der Waals surface area contributed by atoms with Gasteiger partial charge in [-0.15, -0.1) is 0 Å². The number of amides is 2. The summed E-state index contributed by atoms with van der Waals surface area (Å²) in [4.78, 5) is 36.4. The van der Waals surface area contributed by atoms with Crippen LogP contribution in [0.5, 0.6) is 0 Å². The third-order valence-corrected chi connectivity index (χ3v) is 3.67. The maximum atomic E-state index is 11.9. The number of hydrogen-bond donors (Lipinski definition) is 1. The summed E-state index contributed by atoms with van der Waals surface area (Å²) in [7, 11) is 1.57. The van der Waals surface area contributed by atoms with E-state index in [1.807, 2.05) is 0 Å². The van der Waals surface area contributed by atoms with Gasteiger partial charge in [-0.3, -0.25) is 14.4 Å². The van der Waals surface area contributed by atoms with Gasteiger partial charge in [0.15, 0.2) is 0 Å². The second-order valence-electron chi connectivity index (χ2n) is 4.20. The first-order valence-corrected chi connectivity index (χ1v) is 6.71. The molecule has 0 fully saturated rings. The summed E-state index contributed by atoms with van der Waals surface area (Å²) in [5.74, 6) is -1.10. The van der Waals surface area contributed by atoms with E-state index < -0.39 is 11.7 Å². The minimum Gasteiger partial charge on any atom is -0.359 e. The van der Waals surface area contributed by atoms with Gasteiger partial charge in [-0.05, 0) is 34.5 Å². The van der Waals surface area contributed by atoms with Crippen molar-refractivity contribution in [3.63, 3.8) is 0 Å². The Bertz CT molecular complexity index is 557. The number of hydrogen-bond acceptors (Lipinski definition) is 3. The monoisotopic (exact) mass is 324 g/mol. The minimum absolute atomic E-state index is 0.0764. The zero-order chi connectivity index (χ0) is 14.0. The molecule has 0 bridgehead atoms. The van der Waals surface area contributed by atoms with E-state index in [0.717, 1.165) is 0 Å². The number of nitrogens with zero attached hydrogens (tertiary/aromatic N) is 1. The van der Waals surface area contributed by atoms with E-state index in [-0.39, 0.29) is 5.91 Å². The lowest BCUT2D eigenvalue weighted by Crippen LogP contribution is -2.31. The fourth-order valence-electron chi connectivity index (χ4n) is 2.05. The van der Waals surface area contributed by atoms with Crippen LogP contribution in [0.15, 0.2) is 22.7 Å². The molecule has 1 aliphatic rings. The first kappa shape index (κ1) is 13.7. The van der Waals surface area contributed by atoms with E-state index in [4.69, 9.17) is 0 Å². The van der Waals surface area contributed by atoms with Gasteiger partial charge in [-0.2, -0.15) is 0 Å². The molecule has 1 aromatic carbocycles. The Hall–Kier alpha value is -1.69. The zero-order valence-corrected chi connectivity index (χ0v) is 12.0. The predicted molar refractivity (Wildman–Crippen MR) is 74.1 cm³/mol. The summed E-state index contributed by atoms with van der Waals surface area (Å²) in [5.41, 5.74) is 1.02. The number of nitrogens with one attached hydrogen (secondary N) is 1. The van der Waals surface area contributed by atoms with Crippen LogP contribution in [0.3, 0.4) is 0 Å². The molecule has 1 heterocycles. The van der Waals surface area contributed by atoms with E-state index >= 15 is 0 Å². The van der Waals surface area contributed by atoms with Crippen LogP contribution in [-0.4, -0.2) is 31.2 Å². The number of benzene rings is 1. The average Bonchev–Trinajstić information content (AvgIpc) is 2.64. The standard InChI is InChI=1S/C13H13BrN2O3/c1-15-10(17)6-3-7-16-9-5-2-4-8(14)11(9)12(18)13(16)19/h2,4-5H,3,6-7H2,1H3,(H,15,17). The first-order chi connectivity index (χ1) is 9.06. The molecular weight excluding hydrogens is 312 g/mol. The topological polar surface area (TPSA) is 66.5 Å². The van der Waals surface area contributed by atoms with Gasteiger partial charge in [-0.1, -0.05) is 6.07 Å². The van der Waals surface area contributed by atoms with Gasteiger partial charge in [0.25, 0.3) is 11.7 Å².